The zero-order valence-electron chi connectivity index (χ0n) is 11.8. The first-order valence-electron chi connectivity index (χ1n) is 7.26. The summed E-state index contributed by atoms with van der Waals surface area (Å²) in [7, 11) is 0. The summed E-state index contributed by atoms with van der Waals surface area (Å²) in [6.07, 6.45) is 8.61. The van der Waals surface area contributed by atoms with Crippen LogP contribution in [-0.4, -0.2) is 20.4 Å². The molecule has 0 spiro atoms. The maximum Gasteiger partial charge on any atom is 0.170 e. The smallest absolute Gasteiger partial charge is 0.170 e. The van der Waals surface area contributed by atoms with Crippen LogP contribution >= 0.6 is 23.9 Å². The molecular formula is C15H18N4S2. The van der Waals surface area contributed by atoms with E-state index < -0.39 is 0 Å². The summed E-state index contributed by atoms with van der Waals surface area (Å²) in [5, 5.41) is 7.13. The Balaban J connectivity index is 1.48. The van der Waals surface area contributed by atoms with E-state index in [4.69, 9.17) is 12.2 Å². The van der Waals surface area contributed by atoms with Gasteiger partial charge < -0.3 is 10.6 Å². The number of nitrogens with one attached hydrogen (secondary N) is 2. The second-order valence-corrected chi connectivity index (χ2v) is 6.14. The lowest BCUT2D eigenvalue weighted by Crippen LogP contribution is -2.29. The van der Waals surface area contributed by atoms with E-state index in [0.717, 1.165) is 29.7 Å². The normalized spacial score (nSPS) is 14.8. The largest absolute Gasteiger partial charge is 0.362 e. The van der Waals surface area contributed by atoms with Crippen molar-refractivity contribution in [2.75, 3.05) is 11.9 Å². The van der Waals surface area contributed by atoms with Crippen LogP contribution in [0.1, 0.15) is 32.1 Å². The van der Waals surface area contributed by atoms with Gasteiger partial charge in [0.2, 0.25) is 0 Å². The number of nitrogens with zero attached hydrogens (tertiary/aromatic N) is 2. The Hall–Kier alpha value is -1.53. The number of hydrogen-bond donors (Lipinski definition) is 2. The molecule has 0 amide bonds. The van der Waals surface area contributed by atoms with Gasteiger partial charge in [-0.15, -0.1) is 0 Å². The van der Waals surface area contributed by atoms with Crippen molar-refractivity contribution >= 4 is 45.8 Å². The Morgan fingerprint density at radius 1 is 1.24 bits per heavy atom. The molecule has 1 aliphatic carbocycles. The van der Waals surface area contributed by atoms with E-state index in [1.54, 1.807) is 5.57 Å². The molecule has 2 aromatic rings. The summed E-state index contributed by atoms with van der Waals surface area (Å²) in [4.78, 5) is 0. The molecule has 0 saturated carbocycles. The Morgan fingerprint density at radius 3 is 3.00 bits per heavy atom. The van der Waals surface area contributed by atoms with Gasteiger partial charge in [0, 0.05) is 12.2 Å². The van der Waals surface area contributed by atoms with Gasteiger partial charge in [-0.2, -0.15) is 8.75 Å². The third-order valence-electron chi connectivity index (χ3n) is 3.63. The van der Waals surface area contributed by atoms with Crippen LogP contribution in [0, 0.1) is 0 Å². The molecule has 0 radical (unpaired) electrons. The van der Waals surface area contributed by atoms with Gasteiger partial charge in [-0.3, -0.25) is 0 Å². The molecule has 0 atom stereocenters. The first-order valence-corrected chi connectivity index (χ1v) is 8.40. The first kappa shape index (κ1) is 14.4. The predicted octanol–water partition coefficient (Wildman–Crippen LogP) is 3.87. The zero-order chi connectivity index (χ0) is 14.5. The molecule has 1 heterocycles. The van der Waals surface area contributed by atoms with Crippen LogP contribution < -0.4 is 10.6 Å². The van der Waals surface area contributed by atoms with E-state index in [1.807, 2.05) is 18.2 Å². The zero-order valence-corrected chi connectivity index (χ0v) is 13.4. The fraction of sp³-hybridized carbons (Fsp3) is 0.400. The molecule has 0 bridgehead atoms. The van der Waals surface area contributed by atoms with Gasteiger partial charge >= 0.3 is 0 Å². The SMILES string of the molecule is S=C(NCCC1=CCCCC1)Nc1ccc2nsnc2c1. The summed E-state index contributed by atoms with van der Waals surface area (Å²) < 4.78 is 8.42. The van der Waals surface area contributed by atoms with Crippen molar-refractivity contribution in [2.24, 2.45) is 0 Å². The van der Waals surface area contributed by atoms with Crippen LogP contribution in [0.25, 0.3) is 11.0 Å². The van der Waals surface area contributed by atoms with Crippen LogP contribution in [0.4, 0.5) is 5.69 Å². The van der Waals surface area contributed by atoms with Gasteiger partial charge in [-0.1, -0.05) is 11.6 Å². The molecule has 0 aliphatic heterocycles. The molecule has 2 N–H and O–H groups in total. The second-order valence-electron chi connectivity index (χ2n) is 5.21. The Morgan fingerprint density at radius 2 is 2.14 bits per heavy atom. The fourth-order valence-corrected chi connectivity index (χ4v) is 3.24. The number of benzene rings is 1. The summed E-state index contributed by atoms with van der Waals surface area (Å²) in [5.74, 6) is 0. The van der Waals surface area contributed by atoms with E-state index >= 15 is 0 Å². The molecule has 21 heavy (non-hydrogen) atoms. The number of anilines is 1. The Bertz CT molecular complexity index is 662. The third kappa shape index (κ3) is 3.98. The summed E-state index contributed by atoms with van der Waals surface area (Å²) in [6, 6.07) is 5.90. The Kier molecular flexibility index (Phi) is 4.77. The first-order chi connectivity index (χ1) is 10.3. The number of thiocarbonyl (C=S) groups is 1. The van der Waals surface area contributed by atoms with E-state index in [9.17, 15) is 0 Å². The van der Waals surface area contributed by atoms with Gasteiger partial charge in [0.05, 0.1) is 11.7 Å². The van der Waals surface area contributed by atoms with Crippen LogP contribution in [-0.2, 0) is 0 Å². The number of rotatable bonds is 4. The van der Waals surface area contributed by atoms with Crippen molar-refractivity contribution in [1.82, 2.24) is 14.1 Å². The maximum absolute atomic E-state index is 5.33. The van der Waals surface area contributed by atoms with Crippen molar-refractivity contribution in [3.63, 3.8) is 0 Å². The van der Waals surface area contributed by atoms with E-state index in [2.05, 4.69) is 25.5 Å². The third-order valence-corrected chi connectivity index (χ3v) is 4.43. The molecule has 0 unspecified atom stereocenters. The van der Waals surface area contributed by atoms with Gasteiger partial charge in [0.1, 0.15) is 11.0 Å². The van der Waals surface area contributed by atoms with Crippen molar-refractivity contribution in [2.45, 2.75) is 32.1 Å². The molecule has 0 fully saturated rings. The minimum absolute atomic E-state index is 0.661. The van der Waals surface area contributed by atoms with Gasteiger partial charge in [-0.05, 0) is 62.5 Å². The molecule has 4 nitrogen and oxygen atoms in total. The lowest BCUT2D eigenvalue weighted by atomic mass is 9.97. The maximum atomic E-state index is 5.33. The average Bonchev–Trinajstić information content (AvgIpc) is 2.96. The highest BCUT2D eigenvalue weighted by Crippen LogP contribution is 2.19. The van der Waals surface area contributed by atoms with E-state index in [1.165, 1.54) is 37.4 Å². The summed E-state index contributed by atoms with van der Waals surface area (Å²) in [6.45, 7) is 0.887. The molecular weight excluding hydrogens is 300 g/mol. The van der Waals surface area contributed by atoms with Crippen molar-refractivity contribution < 1.29 is 0 Å². The van der Waals surface area contributed by atoms with Gasteiger partial charge in [0.15, 0.2) is 5.11 Å². The number of aromatic nitrogens is 2. The van der Waals surface area contributed by atoms with E-state index in [-0.39, 0.29) is 0 Å². The summed E-state index contributed by atoms with van der Waals surface area (Å²) in [5.41, 5.74) is 4.34. The lowest BCUT2D eigenvalue weighted by molar-refractivity contribution is 0.669. The highest BCUT2D eigenvalue weighted by atomic mass is 32.1. The molecule has 1 aliphatic rings. The fourth-order valence-electron chi connectivity index (χ4n) is 2.50. The quantitative estimate of drug-likeness (QED) is 0.662. The standard InChI is InChI=1S/C15H18N4S2/c20-15(16-9-8-11-4-2-1-3-5-11)17-12-6-7-13-14(10-12)19-21-18-13/h4,6-7,10H,1-3,5,8-9H2,(H2,16,17,20). The monoisotopic (exact) mass is 318 g/mol. The number of allylic oxidation sites excluding steroid dienone is 1. The van der Waals surface area contributed by atoms with Crippen LogP contribution in [0.5, 0.6) is 0 Å². The highest BCUT2D eigenvalue weighted by molar-refractivity contribution is 7.80. The van der Waals surface area contributed by atoms with Crippen LogP contribution in [0.2, 0.25) is 0 Å². The minimum atomic E-state index is 0.661. The number of hydrogen-bond acceptors (Lipinski definition) is 4. The second kappa shape index (κ2) is 6.95. The van der Waals surface area contributed by atoms with Crippen LogP contribution in [0.3, 0.4) is 0 Å². The summed E-state index contributed by atoms with van der Waals surface area (Å²) >= 11 is 6.56. The Labute approximate surface area is 134 Å². The van der Waals surface area contributed by atoms with Gasteiger partial charge in [0.25, 0.3) is 0 Å². The molecule has 0 saturated heterocycles. The average molecular weight is 318 g/mol. The molecule has 6 heteroatoms. The molecule has 1 aromatic carbocycles. The van der Waals surface area contributed by atoms with Crippen LogP contribution in [0.15, 0.2) is 29.8 Å². The topological polar surface area (TPSA) is 49.8 Å². The van der Waals surface area contributed by atoms with Crippen molar-refractivity contribution in [1.29, 1.82) is 0 Å². The van der Waals surface area contributed by atoms with Crippen molar-refractivity contribution in [3.8, 4) is 0 Å². The predicted molar refractivity (Wildman–Crippen MR) is 92.8 cm³/mol. The minimum Gasteiger partial charge on any atom is -0.362 e. The van der Waals surface area contributed by atoms with Crippen molar-refractivity contribution in [3.05, 3.63) is 29.8 Å². The molecule has 110 valence electrons. The molecule has 3 rings (SSSR count). The highest BCUT2D eigenvalue weighted by Gasteiger charge is 2.05. The lowest BCUT2D eigenvalue weighted by Gasteiger charge is -2.14. The number of fused-ring (bicyclic) bond motifs is 1. The molecule has 1 aromatic heterocycles. The van der Waals surface area contributed by atoms with E-state index in [0.29, 0.717) is 5.11 Å². The van der Waals surface area contributed by atoms with Gasteiger partial charge in [-0.25, -0.2) is 0 Å².